The summed E-state index contributed by atoms with van der Waals surface area (Å²) in [4.78, 5) is 17.8. The van der Waals surface area contributed by atoms with E-state index in [0.29, 0.717) is 5.82 Å². The Morgan fingerprint density at radius 1 is 1.24 bits per heavy atom. The molecule has 0 unspecified atom stereocenters. The van der Waals surface area contributed by atoms with E-state index in [-0.39, 0.29) is 5.56 Å². The number of nitrogens with zero attached hydrogens (tertiary/aromatic N) is 2. The van der Waals surface area contributed by atoms with E-state index in [2.05, 4.69) is 24.0 Å². The van der Waals surface area contributed by atoms with Gasteiger partial charge in [-0.2, -0.15) is 0 Å². The van der Waals surface area contributed by atoms with Crippen molar-refractivity contribution in [3.63, 3.8) is 0 Å². The summed E-state index contributed by atoms with van der Waals surface area (Å²) in [6.07, 6.45) is 0.978. The maximum atomic E-state index is 11.5. The highest BCUT2D eigenvalue weighted by Crippen LogP contribution is 2.28. The number of carboxylic acids is 1. The summed E-state index contributed by atoms with van der Waals surface area (Å²) in [5.74, 6) is -0.476. The maximum absolute atomic E-state index is 11.5. The molecule has 0 saturated carbocycles. The van der Waals surface area contributed by atoms with Crippen LogP contribution in [0, 0.1) is 13.8 Å². The van der Waals surface area contributed by atoms with Crippen molar-refractivity contribution in [3.05, 3.63) is 52.7 Å². The molecule has 0 aliphatic carbocycles. The van der Waals surface area contributed by atoms with Crippen molar-refractivity contribution in [2.75, 3.05) is 11.9 Å². The van der Waals surface area contributed by atoms with Crippen molar-refractivity contribution in [1.29, 1.82) is 0 Å². The standard InChI is InChI=1S/C17H20N2O2/c1-5-13-6-8-14(9-7-13)19(4)16-15(17(20)21)11(2)10-12(3)18-16/h6-10H,5H2,1-4H3,(H,20,21). The van der Waals surface area contributed by atoms with Crippen molar-refractivity contribution in [2.24, 2.45) is 0 Å². The summed E-state index contributed by atoms with van der Waals surface area (Å²) in [5, 5.41) is 9.45. The third-order valence-electron chi connectivity index (χ3n) is 3.59. The van der Waals surface area contributed by atoms with E-state index < -0.39 is 5.97 Å². The number of carbonyl (C=O) groups is 1. The zero-order valence-corrected chi connectivity index (χ0v) is 12.8. The van der Waals surface area contributed by atoms with Gasteiger partial charge in [-0.25, -0.2) is 9.78 Å². The summed E-state index contributed by atoms with van der Waals surface area (Å²) in [7, 11) is 1.84. The molecule has 0 aliphatic rings. The fourth-order valence-electron chi connectivity index (χ4n) is 2.40. The fourth-order valence-corrected chi connectivity index (χ4v) is 2.40. The van der Waals surface area contributed by atoms with Gasteiger partial charge in [0.1, 0.15) is 11.4 Å². The van der Waals surface area contributed by atoms with Gasteiger partial charge >= 0.3 is 5.97 Å². The van der Waals surface area contributed by atoms with Gasteiger partial charge in [0, 0.05) is 18.4 Å². The van der Waals surface area contributed by atoms with Crippen LogP contribution in [0.1, 0.15) is 34.1 Å². The van der Waals surface area contributed by atoms with Crippen molar-refractivity contribution >= 4 is 17.5 Å². The molecule has 4 nitrogen and oxygen atoms in total. The monoisotopic (exact) mass is 284 g/mol. The van der Waals surface area contributed by atoms with E-state index in [9.17, 15) is 9.90 Å². The molecule has 21 heavy (non-hydrogen) atoms. The predicted octanol–water partition coefficient (Wildman–Crippen LogP) is 3.73. The molecule has 0 spiro atoms. The second-order valence-corrected chi connectivity index (χ2v) is 5.16. The van der Waals surface area contributed by atoms with Crippen LogP contribution in [0.5, 0.6) is 0 Å². The minimum Gasteiger partial charge on any atom is -0.478 e. The first-order valence-corrected chi connectivity index (χ1v) is 6.98. The molecule has 2 aromatic rings. The van der Waals surface area contributed by atoms with Crippen LogP contribution in [0.15, 0.2) is 30.3 Å². The molecular weight excluding hydrogens is 264 g/mol. The number of carboxylic acid groups (broad SMARTS) is 1. The summed E-state index contributed by atoms with van der Waals surface area (Å²) >= 11 is 0. The number of anilines is 2. The van der Waals surface area contributed by atoms with Gasteiger partial charge in [0.25, 0.3) is 0 Å². The van der Waals surface area contributed by atoms with Gasteiger partial charge in [-0.05, 0) is 49.6 Å². The van der Waals surface area contributed by atoms with Crippen LogP contribution in [0.3, 0.4) is 0 Å². The average molecular weight is 284 g/mol. The molecular formula is C17H20N2O2. The summed E-state index contributed by atoms with van der Waals surface area (Å²) in [6.45, 7) is 5.78. The van der Waals surface area contributed by atoms with Crippen molar-refractivity contribution in [1.82, 2.24) is 4.98 Å². The van der Waals surface area contributed by atoms with E-state index in [1.807, 2.05) is 31.0 Å². The third-order valence-corrected chi connectivity index (χ3v) is 3.59. The quantitative estimate of drug-likeness (QED) is 0.929. The Bertz CT molecular complexity index is 663. The Morgan fingerprint density at radius 2 is 1.86 bits per heavy atom. The molecule has 1 N–H and O–H groups in total. The van der Waals surface area contributed by atoms with Crippen LogP contribution in [-0.4, -0.2) is 23.1 Å². The second-order valence-electron chi connectivity index (χ2n) is 5.16. The third kappa shape index (κ3) is 3.05. The summed E-state index contributed by atoms with van der Waals surface area (Å²) < 4.78 is 0. The molecule has 0 amide bonds. The van der Waals surface area contributed by atoms with Crippen LogP contribution in [-0.2, 0) is 6.42 Å². The van der Waals surface area contributed by atoms with Crippen molar-refractivity contribution < 1.29 is 9.90 Å². The maximum Gasteiger partial charge on any atom is 0.339 e. The Labute approximate surface area is 125 Å². The molecule has 0 bridgehead atoms. The molecule has 1 heterocycles. The van der Waals surface area contributed by atoms with Gasteiger partial charge in [-0.15, -0.1) is 0 Å². The van der Waals surface area contributed by atoms with E-state index in [4.69, 9.17) is 0 Å². The van der Waals surface area contributed by atoms with E-state index in [1.165, 1.54) is 5.56 Å². The first-order chi connectivity index (χ1) is 9.93. The molecule has 2 rings (SSSR count). The topological polar surface area (TPSA) is 53.4 Å². The van der Waals surface area contributed by atoms with Gasteiger partial charge in [0.2, 0.25) is 0 Å². The minimum absolute atomic E-state index is 0.252. The number of hydrogen-bond donors (Lipinski definition) is 1. The number of aromatic carboxylic acids is 1. The minimum atomic E-state index is -0.952. The molecule has 0 radical (unpaired) electrons. The van der Waals surface area contributed by atoms with Gasteiger partial charge in [0.15, 0.2) is 0 Å². The molecule has 0 saturated heterocycles. The lowest BCUT2D eigenvalue weighted by Gasteiger charge is -2.22. The van der Waals surface area contributed by atoms with Crippen LogP contribution in [0.25, 0.3) is 0 Å². The lowest BCUT2D eigenvalue weighted by atomic mass is 10.1. The summed E-state index contributed by atoms with van der Waals surface area (Å²) in [5.41, 5.74) is 3.96. The number of hydrogen-bond acceptors (Lipinski definition) is 3. The second kappa shape index (κ2) is 5.95. The van der Waals surface area contributed by atoms with Crippen LogP contribution in [0.2, 0.25) is 0 Å². The van der Waals surface area contributed by atoms with Gasteiger partial charge < -0.3 is 10.0 Å². The highest BCUT2D eigenvalue weighted by molar-refractivity contribution is 5.96. The Hall–Kier alpha value is -2.36. The molecule has 4 heteroatoms. The number of aryl methyl sites for hydroxylation is 3. The number of pyridine rings is 1. The van der Waals surface area contributed by atoms with Gasteiger partial charge in [0.05, 0.1) is 0 Å². The lowest BCUT2D eigenvalue weighted by Crippen LogP contribution is -2.17. The first kappa shape index (κ1) is 15.0. The van der Waals surface area contributed by atoms with E-state index >= 15 is 0 Å². The lowest BCUT2D eigenvalue weighted by molar-refractivity contribution is 0.0696. The normalized spacial score (nSPS) is 10.5. The number of aromatic nitrogens is 1. The summed E-state index contributed by atoms with van der Waals surface area (Å²) in [6, 6.07) is 9.87. The van der Waals surface area contributed by atoms with Crippen LogP contribution < -0.4 is 4.90 Å². The fraction of sp³-hybridized carbons (Fsp3) is 0.294. The van der Waals surface area contributed by atoms with Crippen molar-refractivity contribution in [3.8, 4) is 0 Å². The molecule has 0 fully saturated rings. The number of benzene rings is 1. The van der Waals surface area contributed by atoms with Crippen LogP contribution >= 0.6 is 0 Å². The molecule has 110 valence electrons. The zero-order valence-electron chi connectivity index (χ0n) is 12.8. The molecule has 0 atom stereocenters. The Kier molecular flexibility index (Phi) is 4.26. The highest BCUT2D eigenvalue weighted by atomic mass is 16.4. The van der Waals surface area contributed by atoms with E-state index in [1.54, 1.807) is 13.0 Å². The van der Waals surface area contributed by atoms with Crippen LogP contribution in [0.4, 0.5) is 11.5 Å². The Morgan fingerprint density at radius 3 is 2.38 bits per heavy atom. The largest absolute Gasteiger partial charge is 0.478 e. The highest BCUT2D eigenvalue weighted by Gasteiger charge is 2.19. The number of rotatable bonds is 4. The molecule has 0 aliphatic heterocycles. The molecule has 1 aromatic heterocycles. The average Bonchev–Trinajstić information content (AvgIpc) is 2.45. The zero-order chi connectivity index (χ0) is 15.6. The predicted molar refractivity (Wildman–Crippen MR) is 84.6 cm³/mol. The SMILES string of the molecule is CCc1ccc(N(C)c2nc(C)cc(C)c2C(=O)O)cc1. The van der Waals surface area contributed by atoms with Gasteiger partial charge in [-0.3, -0.25) is 0 Å². The molecule has 1 aromatic carbocycles. The van der Waals surface area contributed by atoms with E-state index in [0.717, 1.165) is 23.4 Å². The smallest absolute Gasteiger partial charge is 0.339 e. The van der Waals surface area contributed by atoms with Gasteiger partial charge in [-0.1, -0.05) is 19.1 Å². The van der Waals surface area contributed by atoms with Crippen molar-refractivity contribution in [2.45, 2.75) is 27.2 Å². The Balaban J connectivity index is 2.51. The first-order valence-electron chi connectivity index (χ1n) is 6.98.